The van der Waals surface area contributed by atoms with Crippen LogP contribution in [0.5, 0.6) is 0 Å². The zero-order valence-electron chi connectivity index (χ0n) is 15.9. The molecule has 0 aromatic carbocycles. The van der Waals surface area contributed by atoms with Crippen molar-refractivity contribution in [1.29, 1.82) is 0 Å². The third-order valence-corrected chi connectivity index (χ3v) is 6.78. The summed E-state index contributed by atoms with van der Waals surface area (Å²) in [6.45, 7) is 6.90. The summed E-state index contributed by atoms with van der Waals surface area (Å²) in [7, 11) is 2.04. The van der Waals surface area contributed by atoms with Crippen molar-refractivity contribution in [2.24, 2.45) is 0 Å². The molecule has 1 atom stereocenters. The second-order valence-electron chi connectivity index (χ2n) is 8.28. The minimum Gasteiger partial charge on any atom is -0.341 e. The van der Waals surface area contributed by atoms with Gasteiger partial charge in [-0.15, -0.1) is 0 Å². The third kappa shape index (κ3) is 4.32. The third-order valence-electron chi connectivity index (χ3n) is 6.78. The second-order valence-corrected chi connectivity index (χ2v) is 8.28. The largest absolute Gasteiger partial charge is 0.341 e. The Hall–Kier alpha value is -0.610. The Morgan fingerprint density at radius 3 is 2.08 bits per heavy atom. The van der Waals surface area contributed by atoms with E-state index in [1.54, 1.807) is 0 Å². The molecule has 0 radical (unpaired) electrons. The zero-order valence-corrected chi connectivity index (χ0v) is 15.9. The second kappa shape index (κ2) is 8.66. The number of likely N-dealkylation sites (N-methyl/N-ethyl adjacent to an activating group) is 1. The van der Waals surface area contributed by atoms with E-state index < -0.39 is 0 Å². The molecule has 0 N–H and O–H groups in total. The molecule has 2 aliphatic heterocycles. The van der Waals surface area contributed by atoms with E-state index in [2.05, 4.69) is 21.6 Å². The van der Waals surface area contributed by atoms with Crippen LogP contribution in [0.4, 0.5) is 0 Å². The molecule has 0 bridgehead atoms. The number of amides is 1. The van der Waals surface area contributed by atoms with E-state index in [9.17, 15) is 4.79 Å². The first-order chi connectivity index (χ1) is 11.7. The average Bonchev–Trinajstić information content (AvgIpc) is 2.68. The number of carbonyl (C=O) groups is 1. The average molecular weight is 336 g/mol. The number of carbonyl (C=O) groups excluding carboxylic acids is 1. The Balaban J connectivity index is 1.47. The van der Waals surface area contributed by atoms with Gasteiger partial charge in [0.15, 0.2) is 0 Å². The van der Waals surface area contributed by atoms with Gasteiger partial charge >= 0.3 is 0 Å². The van der Waals surface area contributed by atoms with E-state index in [1.807, 2.05) is 7.05 Å². The van der Waals surface area contributed by atoms with Crippen molar-refractivity contribution in [3.63, 3.8) is 0 Å². The fourth-order valence-corrected chi connectivity index (χ4v) is 5.02. The summed E-state index contributed by atoms with van der Waals surface area (Å²) in [6.07, 6.45) is 13.0. The van der Waals surface area contributed by atoms with Crippen LogP contribution in [0.15, 0.2) is 0 Å². The molecule has 3 fully saturated rings. The highest BCUT2D eigenvalue weighted by atomic mass is 16.2. The van der Waals surface area contributed by atoms with Gasteiger partial charge in [-0.2, -0.15) is 0 Å². The zero-order chi connectivity index (χ0) is 16.9. The fraction of sp³-hybridized carbons (Fsp3) is 0.950. The molecule has 1 saturated carbocycles. The first-order valence-corrected chi connectivity index (χ1v) is 10.4. The van der Waals surface area contributed by atoms with E-state index in [-0.39, 0.29) is 6.04 Å². The topological polar surface area (TPSA) is 26.8 Å². The fourth-order valence-electron chi connectivity index (χ4n) is 5.02. The van der Waals surface area contributed by atoms with Crippen LogP contribution in [0.3, 0.4) is 0 Å². The van der Waals surface area contributed by atoms with Gasteiger partial charge in [-0.25, -0.2) is 0 Å². The summed E-state index contributed by atoms with van der Waals surface area (Å²) in [5.41, 5.74) is 0. The number of nitrogens with zero attached hydrogens (tertiary/aromatic N) is 3. The van der Waals surface area contributed by atoms with E-state index in [4.69, 9.17) is 0 Å². The molecule has 4 heteroatoms. The minimum absolute atomic E-state index is 0.0548. The lowest BCUT2D eigenvalue weighted by atomic mass is 9.94. The van der Waals surface area contributed by atoms with Gasteiger partial charge in [-0.1, -0.05) is 25.7 Å². The summed E-state index contributed by atoms with van der Waals surface area (Å²) in [5.74, 6) is 0.346. The standard InChI is InChI=1S/C20H37N3O/c1-17(20(24)21(2)18-9-5-3-6-10-18)22-15-11-19(12-16-22)23-13-7-4-8-14-23/h17-19H,3-16H2,1-2H3/t17-/m0/s1. The number of hydrogen-bond donors (Lipinski definition) is 0. The van der Waals surface area contributed by atoms with Crippen molar-refractivity contribution in [3.05, 3.63) is 0 Å². The van der Waals surface area contributed by atoms with E-state index in [1.165, 1.54) is 77.3 Å². The van der Waals surface area contributed by atoms with Gasteiger partial charge in [0.25, 0.3) is 0 Å². The first kappa shape index (κ1) is 18.2. The molecule has 2 heterocycles. The van der Waals surface area contributed by atoms with Crippen LogP contribution in [0, 0.1) is 0 Å². The smallest absolute Gasteiger partial charge is 0.239 e. The van der Waals surface area contributed by atoms with Crippen LogP contribution < -0.4 is 0 Å². The van der Waals surface area contributed by atoms with Crippen LogP contribution >= 0.6 is 0 Å². The lowest BCUT2D eigenvalue weighted by molar-refractivity contribution is -0.138. The molecule has 0 unspecified atom stereocenters. The number of piperidine rings is 2. The summed E-state index contributed by atoms with van der Waals surface area (Å²) in [4.78, 5) is 20.1. The van der Waals surface area contributed by atoms with Crippen LogP contribution in [0.2, 0.25) is 0 Å². The van der Waals surface area contributed by atoms with E-state index in [0.29, 0.717) is 11.9 Å². The molecule has 1 amide bonds. The molecule has 0 spiro atoms. The highest BCUT2D eigenvalue weighted by Gasteiger charge is 2.32. The minimum atomic E-state index is 0.0548. The van der Waals surface area contributed by atoms with Crippen molar-refractivity contribution in [2.45, 2.75) is 89.3 Å². The van der Waals surface area contributed by atoms with Gasteiger partial charge < -0.3 is 9.80 Å². The monoisotopic (exact) mass is 335 g/mol. The summed E-state index contributed by atoms with van der Waals surface area (Å²) < 4.78 is 0. The van der Waals surface area contributed by atoms with Gasteiger partial charge in [0.2, 0.25) is 5.91 Å². The molecular formula is C20H37N3O. The SMILES string of the molecule is C[C@@H](C(=O)N(C)C1CCCCC1)N1CCC(N2CCCCC2)CC1. The van der Waals surface area contributed by atoms with Crippen molar-refractivity contribution in [3.8, 4) is 0 Å². The lowest BCUT2D eigenvalue weighted by Crippen LogP contribution is -2.54. The van der Waals surface area contributed by atoms with Crippen molar-refractivity contribution in [1.82, 2.24) is 14.7 Å². The first-order valence-electron chi connectivity index (χ1n) is 10.4. The summed E-state index contributed by atoms with van der Waals surface area (Å²) >= 11 is 0. The molecule has 0 aromatic rings. The molecule has 4 nitrogen and oxygen atoms in total. The quantitative estimate of drug-likeness (QED) is 0.790. The van der Waals surface area contributed by atoms with Crippen molar-refractivity contribution >= 4 is 5.91 Å². The van der Waals surface area contributed by atoms with Gasteiger partial charge in [-0.3, -0.25) is 9.69 Å². The van der Waals surface area contributed by atoms with Gasteiger partial charge in [0, 0.05) is 32.2 Å². The molecule has 3 rings (SSSR count). The number of likely N-dealkylation sites (tertiary alicyclic amines) is 2. The predicted molar refractivity (Wildman–Crippen MR) is 99.1 cm³/mol. The Kier molecular flexibility index (Phi) is 6.56. The van der Waals surface area contributed by atoms with Gasteiger partial charge in [0.1, 0.15) is 0 Å². The number of rotatable bonds is 4. The highest BCUT2D eigenvalue weighted by molar-refractivity contribution is 5.81. The van der Waals surface area contributed by atoms with Gasteiger partial charge in [-0.05, 0) is 58.5 Å². The van der Waals surface area contributed by atoms with E-state index >= 15 is 0 Å². The van der Waals surface area contributed by atoms with Crippen LogP contribution in [-0.2, 0) is 4.79 Å². The predicted octanol–water partition coefficient (Wildman–Crippen LogP) is 3.12. The van der Waals surface area contributed by atoms with Crippen molar-refractivity contribution in [2.75, 3.05) is 33.2 Å². The molecule has 24 heavy (non-hydrogen) atoms. The number of hydrogen-bond acceptors (Lipinski definition) is 3. The lowest BCUT2D eigenvalue weighted by Gasteiger charge is -2.42. The summed E-state index contributed by atoms with van der Waals surface area (Å²) in [6, 6.07) is 1.30. The molecule has 2 saturated heterocycles. The molecule has 138 valence electrons. The maximum Gasteiger partial charge on any atom is 0.239 e. The maximum atomic E-state index is 12.9. The van der Waals surface area contributed by atoms with Crippen LogP contribution in [-0.4, -0.2) is 72.0 Å². The van der Waals surface area contributed by atoms with Gasteiger partial charge in [0.05, 0.1) is 6.04 Å². The normalized spacial score (nSPS) is 27.1. The van der Waals surface area contributed by atoms with Crippen molar-refractivity contribution < 1.29 is 4.79 Å². The molecule has 1 aliphatic carbocycles. The Labute approximate surface area is 148 Å². The highest BCUT2D eigenvalue weighted by Crippen LogP contribution is 2.25. The molecule has 3 aliphatic rings. The molecular weight excluding hydrogens is 298 g/mol. The summed E-state index contributed by atoms with van der Waals surface area (Å²) in [5, 5.41) is 0. The Morgan fingerprint density at radius 2 is 1.46 bits per heavy atom. The Bertz CT molecular complexity index is 394. The maximum absolute atomic E-state index is 12.9. The Morgan fingerprint density at radius 1 is 0.875 bits per heavy atom. The molecule has 0 aromatic heterocycles. The van der Waals surface area contributed by atoms with Crippen LogP contribution in [0.25, 0.3) is 0 Å². The van der Waals surface area contributed by atoms with E-state index in [0.717, 1.165) is 19.1 Å². The van der Waals surface area contributed by atoms with Crippen LogP contribution in [0.1, 0.15) is 71.1 Å².